The van der Waals surface area contributed by atoms with Crippen LogP contribution in [0.15, 0.2) is 23.0 Å². The number of aromatic nitrogens is 3. The third-order valence-electron chi connectivity index (χ3n) is 3.61. The van der Waals surface area contributed by atoms with Gasteiger partial charge < -0.3 is 17.6 Å². The Morgan fingerprint density at radius 1 is 1.48 bits per heavy atom. The fraction of sp³-hybridized carbons (Fsp3) is 0.429. The molecule has 1 atom stereocenters. The van der Waals surface area contributed by atoms with Crippen LogP contribution in [0.1, 0.15) is 43.2 Å². The van der Waals surface area contributed by atoms with Crippen molar-refractivity contribution in [3.8, 4) is 0 Å². The van der Waals surface area contributed by atoms with Crippen LogP contribution >= 0.6 is 11.3 Å². The van der Waals surface area contributed by atoms with Crippen molar-refractivity contribution in [1.29, 1.82) is 0 Å². The third kappa shape index (κ3) is 5.46. The molecule has 0 aliphatic heterocycles. The maximum absolute atomic E-state index is 12.3. The molecule has 0 bridgehead atoms. The van der Waals surface area contributed by atoms with Crippen LogP contribution in [0.3, 0.4) is 0 Å². The van der Waals surface area contributed by atoms with Gasteiger partial charge in [-0.25, -0.2) is 0 Å². The zero-order chi connectivity index (χ0) is 13.2. The molecule has 2 aromatic rings. The molecule has 7 heteroatoms. The fourth-order valence-corrected chi connectivity index (χ4v) is 2.55. The minimum Gasteiger partial charge on any atom is -0.358 e. The second kappa shape index (κ2) is 10.1. The number of carbonyl (C=O) groups excluding carboxylic acids is 1. The molecule has 1 radical (unpaired) electrons. The second-order valence-corrected chi connectivity index (χ2v) is 5.78. The Bertz CT molecular complexity index is 516. The molecule has 0 aliphatic rings. The van der Waals surface area contributed by atoms with Gasteiger partial charge in [0.1, 0.15) is 0 Å². The third-order valence-corrected chi connectivity index (χ3v) is 4.30. The van der Waals surface area contributed by atoms with Crippen LogP contribution < -0.4 is 5.10 Å². The van der Waals surface area contributed by atoms with E-state index < -0.39 is 0 Å². The van der Waals surface area contributed by atoms with Crippen molar-refractivity contribution in [3.05, 3.63) is 41.7 Å². The Hall–Kier alpha value is 0.302. The first-order valence-corrected chi connectivity index (χ1v) is 6.85. The van der Waals surface area contributed by atoms with Gasteiger partial charge in [-0.3, -0.25) is 10.0 Å². The number of nitrogens with zero attached hydrogens (tertiary/aromatic N) is 3. The Balaban J connectivity index is 0. The van der Waals surface area contributed by atoms with Crippen LogP contribution in [-0.2, 0) is 59.2 Å². The summed E-state index contributed by atoms with van der Waals surface area (Å²) in [6, 6.07) is 1.86. The Kier molecular flexibility index (Phi) is 11.4. The van der Waals surface area contributed by atoms with Crippen LogP contribution in [0.4, 0.5) is 0 Å². The van der Waals surface area contributed by atoms with Gasteiger partial charge in [-0.2, -0.15) is 11.3 Å². The average molecular weight is 550 g/mol. The molecule has 4 nitrogen and oxygen atoms in total. The predicted octanol–water partition coefficient (Wildman–Crippen LogP) is 3.13. The summed E-state index contributed by atoms with van der Waals surface area (Å²) in [6.45, 7) is 6.23. The number of rotatable bonds is 5. The molecule has 0 unspecified atom stereocenters. The molecular weight excluding hydrogens is 531 g/mol. The molecule has 0 amide bonds. The maximum Gasteiger partial charge on any atom is 0.164 e. The summed E-state index contributed by atoms with van der Waals surface area (Å²) in [7, 11) is 0. The van der Waals surface area contributed by atoms with Crippen LogP contribution in [0, 0.1) is 13.3 Å². The molecule has 2 aromatic heterocycles. The molecule has 0 aliphatic carbocycles. The number of thiophene rings is 1. The minimum absolute atomic E-state index is 0. The van der Waals surface area contributed by atoms with Gasteiger partial charge >= 0.3 is 0 Å². The van der Waals surface area contributed by atoms with Gasteiger partial charge in [-0.15, -0.1) is 0 Å². The van der Waals surface area contributed by atoms with E-state index in [0.717, 1.165) is 11.3 Å². The molecule has 0 saturated heterocycles. The zero-order valence-corrected chi connectivity index (χ0v) is 19.3. The largest absolute Gasteiger partial charge is 0.358 e. The van der Waals surface area contributed by atoms with E-state index in [1.165, 1.54) is 11.3 Å². The first-order valence-electron chi connectivity index (χ1n) is 5.91. The Labute approximate surface area is 170 Å². The summed E-state index contributed by atoms with van der Waals surface area (Å²) in [6.07, 6.45) is 2.09. The predicted molar refractivity (Wildman–Crippen MR) is 77.2 cm³/mol. The Morgan fingerprint density at radius 2 is 2.14 bits per heavy atom. The van der Waals surface area contributed by atoms with E-state index in [-0.39, 0.29) is 72.4 Å². The standard InChI is InChI=1S/C13H16N3OS.CH3.W.Y/c1-9(2)13(3,12-7-14-16-15-12)6-11(17)10-4-5-18-8-10;;;/h4-5,7-9H,6H2,1-3H3;1H3;;/q2*-1;;/t13-;;;/m0.../s1. The molecule has 0 spiro atoms. The first-order chi connectivity index (χ1) is 8.54. The quantitative estimate of drug-likeness (QED) is 0.425. The summed E-state index contributed by atoms with van der Waals surface area (Å²) >= 11 is 1.54. The fourth-order valence-electron chi connectivity index (χ4n) is 1.89. The summed E-state index contributed by atoms with van der Waals surface area (Å²) in [5, 5.41) is 15.2. The van der Waals surface area contributed by atoms with Crippen molar-refractivity contribution < 1.29 is 58.6 Å². The molecule has 2 heterocycles. The van der Waals surface area contributed by atoms with Gasteiger partial charge in [0, 0.05) is 71.1 Å². The van der Waals surface area contributed by atoms with E-state index in [2.05, 4.69) is 29.3 Å². The van der Waals surface area contributed by atoms with E-state index in [4.69, 9.17) is 0 Å². The summed E-state index contributed by atoms with van der Waals surface area (Å²) in [5.41, 5.74) is 1.25. The number of ketones is 1. The average Bonchev–Trinajstić information content (AvgIpc) is 3.02. The van der Waals surface area contributed by atoms with E-state index >= 15 is 0 Å². The van der Waals surface area contributed by atoms with Gasteiger partial charge in [0.05, 0.1) is 0 Å². The van der Waals surface area contributed by atoms with Crippen LogP contribution in [-0.4, -0.2) is 16.1 Å². The number of carbonyl (C=O) groups is 1. The first kappa shape index (κ1) is 23.6. The molecule has 2 rings (SSSR count). The van der Waals surface area contributed by atoms with Gasteiger partial charge in [0.25, 0.3) is 0 Å². The smallest absolute Gasteiger partial charge is 0.164 e. The van der Waals surface area contributed by atoms with Gasteiger partial charge in [0.15, 0.2) is 5.78 Å². The SMILES string of the molecule is CC(C)[C@](C)(CC(=O)c1ccsc1)c1c[n-]nn1.[CH3-].[W].[Y]. The summed E-state index contributed by atoms with van der Waals surface area (Å²) in [4.78, 5) is 12.3. The van der Waals surface area contributed by atoms with E-state index in [1.807, 2.05) is 23.8 Å². The van der Waals surface area contributed by atoms with Crippen LogP contribution in [0.5, 0.6) is 0 Å². The summed E-state index contributed by atoms with van der Waals surface area (Å²) in [5.74, 6) is 0.439. The number of hydrogen-bond acceptors (Lipinski definition) is 4. The van der Waals surface area contributed by atoms with Crippen molar-refractivity contribution in [2.45, 2.75) is 32.6 Å². The maximum atomic E-state index is 12.3. The number of hydrogen-bond donors (Lipinski definition) is 0. The van der Waals surface area contributed by atoms with E-state index in [0.29, 0.717) is 12.3 Å². The van der Waals surface area contributed by atoms with Crippen molar-refractivity contribution >= 4 is 17.1 Å². The molecule has 113 valence electrons. The van der Waals surface area contributed by atoms with Crippen LogP contribution in [0.2, 0.25) is 0 Å². The van der Waals surface area contributed by atoms with Crippen molar-refractivity contribution in [2.24, 2.45) is 5.92 Å². The van der Waals surface area contributed by atoms with E-state index in [1.54, 1.807) is 6.20 Å². The van der Waals surface area contributed by atoms with Crippen molar-refractivity contribution in [2.75, 3.05) is 0 Å². The van der Waals surface area contributed by atoms with Gasteiger partial charge in [-0.1, -0.05) is 27.0 Å². The van der Waals surface area contributed by atoms with Crippen molar-refractivity contribution in [3.63, 3.8) is 0 Å². The van der Waals surface area contributed by atoms with Gasteiger partial charge in [0.2, 0.25) is 0 Å². The van der Waals surface area contributed by atoms with Crippen LogP contribution in [0.25, 0.3) is 0 Å². The second-order valence-electron chi connectivity index (χ2n) is 5.00. The topological polar surface area (TPSA) is 57.0 Å². The number of Topliss-reactive ketones (excluding diaryl/α,β-unsaturated/α-hetero) is 1. The molecular formula is C14H19N3OSWY-2. The van der Waals surface area contributed by atoms with Crippen molar-refractivity contribution in [1.82, 2.24) is 15.4 Å². The normalized spacial score (nSPS) is 12.6. The molecule has 0 N–H and O–H groups in total. The molecule has 0 saturated carbocycles. The zero-order valence-electron chi connectivity index (χ0n) is 12.7. The molecule has 21 heavy (non-hydrogen) atoms. The summed E-state index contributed by atoms with van der Waals surface area (Å²) < 4.78 is 0. The molecule has 0 aromatic carbocycles. The van der Waals surface area contributed by atoms with Gasteiger partial charge in [-0.05, 0) is 28.5 Å². The van der Waals surface area contributed by atoms with E-state index in [9.17, 15) is 4.79 Å². The Morgan fingerprint density at radius 3 is 2.57 bits per heavy atom. The minimum atomic E-state index is -0.317. The monoisotopic (exact) mass is 550 g/mol. The molecule has 0 fully saturated rings.